The summed E-state index contributed by atoms with van der Waals surface area (Å²) < 4.78 is 39.3. The summed E-state index contributed by atoms with van der Waals surface area (Å²) in [5, 5.41) is 3.14. The minimum atomic E-state index is -0.405. The molecule has 0 amide bonds. The second kappa shape index (κ2) is 14.0. The lowest BCUT2D eigenvalue weighted by atomic mass is 10.0. The molecule has 0 N–H and O–H groups in total. The summed E-state index contributed by atoms with van der Waals surface area (Å²) in [6.07, 6.45) is 0. The Kier molecular flexibility index (Phi) is 8.19. The third-order valence-corrected chi connectivity index (χ3v) is 11.4. The first kappa shape index (κ1) is 34.5. The monoisotopic (exact) mass is 764 g/mol. The third-order valence-electron chi connectivity index (χ3n) is 11.4. The van der Waals surface area contributed by atoms with E-state index < -0.39 is 5.82 Å². The van der Waals surface area contributed by atoms with Gasteiger partial charge in [0.05, 0.1) is 16.7 Å². The number of hydrogen-bond acceptors (Lipinski definition) is 2. The van der Waals surface area contributed by atoms with Crippen molar-refractivity contribution in [3.05, 3.63) is 218 Å². The molecule has 0 radical (unpaired) electrons. The van der Waals surface area contributed by atoms with Crippen molar-refractivity contribution in [2.24, 2.45) is 0 Å². The van der Waals surface area contributed by atoms with Crippen LogP contribution in [0.25, 0.3) is 82.8 Å². The number of fused-ring (bicyclic) bond motifs is 6. The zero-order chi connectivity index (χ0) is 39.5. The van der Waals surface area contributed by atoms with Crippen LogP contribution in [0.1, 0.15) is 0 Å². The van der Waals surface area contributed by atoms with Gasteiger partial charge in [-0.25, -0.2) is 8.78 Å². The topological polar surface area (TPSA) is 21.3 Å². The maximum Gasteiger partial charge on any atom is 0.147 e. The van der Waals surface area contributed by atoms with Crippen molar-refractivity contribution < 1.29 is 13.2 Å². The van der Waals surface area contributed by atoms with Crippen molar-refractivity contribution in [1.82, 2.24) is 4.57 Å². The van der Waals surface area contributed by atoms with Crippen molar-refractivity contribution in [2.45, 2.75) is 0 Å². The highest BCUT2D eigenvalue weighted by atomic mass is 19.1. The summed E-state index contributed by atoms with van der Waals surface area (Å²) in [7, 11) is 0. The van der Waals surface area contributed by atoms with Crippen LogP contribution in [-0.2, 0) is 0 Å². The van der Waals surface area contributed by atoms with E-state index in [1.807, 2.05) is 59.2 Å². The average Bonchev–Trinajstić information content (AvgIpc) is 3.85. The van der Waals surface area contributed by atoms with Crippen LogP contribution in [0, 0.1) is 11.6 Å². The number of para-hydroxylation sites is 4. The zero-order valence-corrected chi connectivity index (χ0v) is 31.7. The molecule has 2 aromatic heterocycles. The van der Waals surface area contributed by atoms with E-state index in [9.17, 15) is 0 Å². The fourth-order valence-corrected chi connectivity index (χ4v) is 8.63. The number of halogens is 2. The molecule has 280 valence electrons. The first-order valence-corrected chi connectivity index (χ1v) is 19.6. The average molecular weight is 765 g/mol. The van der Waals surface area contributed by atoms with Crippen molar-refractivity contribution in [3.8, 4) is 39.1 Å². The number of aromatic nitrogens is 1. The van der Waals surface area contributed by atoms with Crippen LogP contribution < -0.4 is 4.90 Å². The molecule has 2 heterocycles. The first-order valence-electron chi connectivity index (χ1n) is 19.6. The highest BCUT2D eigenvalue weighted by Gasteiger charge is 2.21. The van der Waals surface area contributed by atoms with Crippen molar-refractivity contribution in [2.75, 3.05) is 4.90 Å². The van der Waals surface area contributed by atoms with E-state index in [0.717, 1.165) is 78.1 Å². The Morgan fingerprint density at radius 2 is 0.915 bits per heavy atom. The molecule has 11 rings (SSSR count). The van der Waals surface area contributed by atoms with Crippen LogP contribution in [0.2, 0.25) is 0 Å². The van der Waals surface area contributed by atoms with Gasteiger partial charge >= 0.3 is 0 Å². The Morgan fingerprint density at radius 3 is 1.66 bits per heavy atom. The number of furan rings is 1. The molecule has 0 bridgehead atoms. The lowest BCUT2D eigenvalue weighted by Gasteiger charge is -2.26. The Hall–Kier alpha value is -7.76. The zero-order valence-electron chi connectivity index (χ0n) is 31.7. The molecule has 0 aliphatic heterocycles. The normalized spacial score (nSPS) is 11.6. The molecule has 0 fully saturated rings. The maximum atomic E-state index is 15.7. The summed E-state index contributed by atoms with van der Waals surface area (Å²) >= 11 is 0. The maximum absolute atomic E-state index is 15.7. The van der Waals surface area contributed by atoms with E-state index in [1.54, 1.807) is 18.2 Å². The number of anilines is 3. The van der Waals surface area contributed by atoms with Gasteiger partial charge in [0.25, 0.3) is 0 Å². The molecule has 0 spiro atoms. The SMILES string of the molecule is Fc1cccc2c1c1cccc(F)c1n2-c1ccccc1-c1ccc(N(c2ccc(-c3ccccc3)cc2)c2ccc(-c3cccc4c3oc3ccccc34)cc2)cc1. The fraction of sp³-hybridized carbons (Fsp3) is 0. The van der Waals surface area contributed by atoms with Gasteiger partial charge in [-0.2, -0.15) is 0 Å². The van der Waals surface area contributed by atoms with Gasteiger partial charge in [0.1, 0.15) is 22.8 Å². The van der Waals surface area contributed by atoms with Gasteiger partial charge in [-0.3, -0.25) is 0 Å². The molecule has 0 atom stereocenters. The van der Waals surface area contributed by atoms with Crippen molar-refractivity contribution in [1.29, 1.82) is 0 Å². The summed E-state index contributed by atoms with van der Waals surface area (Å²) in [5.74, 6) is -0.785. The highest BCUT2D eigenvalue weighted by Crippen LogP contribution is 2.42. The van der Waals surface area contributed by atoms with Crippen LogP contribution in [-0.4, -0.2) is 4.57 Å². The summed E-state index contributed by atoms with van der Waals surface area (Å²) in [5.41, 5.74) is 12.7. The molecule has 0 saturated carbocycles. The predicted molar refractivity (Wildman–Crippen MR) is 239 cm³/mol. The number of rotatable bonds is 7. The second-order valence-electron chi connectivity index (χ2n) is 14.7. The van der Waals surface area contributed by atoms with E-state index in [0.29, 0.717) is 21.8 Å². The molecule has 0 unspecified atom stereocenters. The van der Waals surface area contributed by atoms with Gasteiger partial charge in [0, 0.05) is 49.7 Å². The lowest BCUT2D eigenvalue weighted by molar-refractivity contribution is 0.635. The summed E-state index contributed by atoms with van der Waals surface area (Å²) in [6, 6.07) is 68.2. The molecular formula is C54H34F2N2O. The fourth-order valence-electron chi connectivity index (χ4n) is 8.63. The van der Waals surface area contributed by atoms with E-state index >= 15 is 8.78 Å². The van der Waals surface area contributed by atoms with E-state index in [1.165, 1.54) is 12.1 Å². The van der Waals surface area contributed by atoms with Crippen LogP contribution in [0.5, 0.6) is 0 Å². The quantitative estimate of drug-likeness (QED) is 0.161. The number of benzene rings is 9. The predicted octanol–water partition coefficient (Wildman–Crippen LogP) is 15.4. The molecule has 11 aromatic rings. The standard InChI is InChI=1S/C54H34F2N2O/c55-47-18-10-21-50-52(47)46-17-9-19-48(56)53(46)58(50)49-20-6-4-13-42(49)37-25-31-40(32-26-37)57(39-29-23-36(24-30-39)35-11-2-1-3-12-35)41-33-27-38(28-34-41)43-15-8-16-45-44-14-5-7-22-51(44)59-54(43)45/h1-34H. The van der Waals surface area contributed by atoms with Gasteiger partial charge < -0.3 is 13.9 Å². The molecule has 59 heavy (non-hydrogen) atoms. The number of nitrogens with zero attached hydrogens (tertiary/aromatic N) is 2. The van der Waals surface area contributed by atoms with Crippen LogP contribution >= 0.6 is 0 Å². The Bertz CT molecular complexity index is 3330. The second-order valence-corrected chi connectivity index (χ2v) is 14.7. The van der Waals surface area contributed by atoms with E-state index in [-0.39, 0.29) is 5.82 Å². The van der Waals surface area contributed by atoms with E-state index in [2.05, 4.69) is 126 Å². The van der Waals surface area contributed by atoms with Crippen LogP contribution in [0.4, 0.5) is 25.8 Å². The van der Waals surface area contributed by atoms with Gasteiger partial charge in [-0.1, -0.05) is 140 Å². The smallest absolute Gasteiger partial charge is 0.147 e. The number of hydrogen-bond donors (Lipinski definition) is 0. The van der Waals surface area contributed by atoms with E-state index in [4.69, 9.17) is 4.42 Å². The van der Waals surface area contributed by atoms with Crippen LogP contribution in [0.15, 0.2) is 211 Å². The summed E-state index contributed by atoms with van der Waals surface area (Å²) in [4.78, 5) is 2.25. The highest BCUT2D eigenvalue weighted by molar-refractivity contribution is 6.11. The Labute approximate surface area is 339 Å². The molecule has 0 aliphatic carbocycles. The van der Waals surface area contributed by atoms with Crippen LogP contribution in [0.3, 0.4) is 0 Å². The van der Waals surface area contributed by atoms with Crippen molar-refractivity contribution >= 4 is 60.8 Å². The van der Waals surface area contributed by atoms with Gasteiger partial charge in [-0.15, -0.1) is 0 Å². The van der Waals surface area contributed by atoms with Gasteiger partial charge in [-0.05, 0) is 89.0 Å². The third kappa shape index (κ3) is 5.78. The van der Waals surface area contributed by atoms with Gasteiger partial charge in [0.2, 0.25) is 0 Å². The molecule has 0 aliphatic rings. The van der Waals surface area contributed by atoms with Crippen molar-refractivity contribution in [3.63, 3.8) is 0 Å². The lowest BCUT2D eigenvalue weighted by Crippen LogP contribution is -2.09. The molecule has 5 heteroatoms. The Balaban J connectivity index is 1.01. The Morgan fingerprint density at radius 1 is 0.390 bits per heavy atom. The molecule has 9 aromatic carbocycles. The minimum absolute atomic E-state index is 0.349. The van der Waals surface area contributed by atoms with Gasteiger partial charge in [0.15, 0.2) is 0 Å². The molecular weight excluding hydrogens is 731 g/mol. The molecule has 0 saturated heterocycles. The molecule has 3 nitrogen and oxygen atoms in total. The largest absolute Gasteiger partial charge is 0.455 e. The minimum Gasteiger partial charge on any atom is -0.455 e. The first-order chi connectivity index (χ1) is 29.1. The summed E-state index contributed by atoms with van der Waals surface area (Å²) in [6.45, 7) is 0.